The zero-order valence-corrected chi connectivity index (χ0v) is 21.4. The first-order chi connectivity index (χ1) is 19.0. The molecule has 1 aliphatic heterocycles. The first-order valence-corrected chi connectivity index (χ1v) is 12.5. The molecule has 0 saturated heterocycles. The summed E-state index contributed by atoms with van der Waals surface area (Å²) in [6, 6.07) is 31.0. The van der Waals surface area contributed by atoms with Crippen LogP contribution in [-0.2, 0) is 11.4 Å². The number of carbonyl (C=O) groups is 1. The molecule has 8 heteroatoms. The van der Waals surface area contributed by atoms with Crippen molar-refractivity contribution in [2.24, 2.45) is 5.73 Å². The van der Waals surface area contributed by atoms with Crippen LogP contribution in [0.15, 0.2) is 109 Å². The van der Waals surface area contributed by atoms with Crippen molar-refractivity contribution in [1.29, 1.82) is 5.26 Å². The molecule has 0 bridgehead atoms. The van der Waals surface area contributed by atoms with Crippen molar-refractivity contribution in [1.82, 2.24) is 0 Å². The SMILES string of the molecule is N#CC1=C(N)Oc2cc(OC(=O)COc3ccccc3)ccc2C1c1cccc(OCc2ccc(Cl)cc2)c1. The summed E-state index contributed by atoms with van der Waals surface area (Å²) < 4.78 is 22.6. The van der Waals surface area contributed by atoms with Gasteiger partial charge in [-0.05, 0) is 53.6 Å². The van der Waals surface area contributed by atoms with E-state index in [4.69, 9.17) is 36.3 Å². The molecule has 4 aromatic rings. The fraction of sp³-hybridized carbons (Fsp3) is 0.0968. The van der Waals surface area contributed by atoms with Gasteiger partial charge in [-0.2, -0.15) is 5.26 Å². The van der Waals surface area contributed by atoms with Crippen molar-refractivity contribution in [3.63, 3.8) is 0 Å². The van der Waals surface area contributed by atoms with E-state index in [0.717, 1.165) is 11.1 Å². The minimum atomic E-state index is -0.571. The topological polar surface area (TPSA) is 104 Å². The third-order valence-electron chi connectivity index (χ3n) is 6.03. The van der Waals surface area contributed by atoms with Crippen LogP contribution in [0.4, 0.5) is 0 Å². The Balaban J connectivity index is 1.34. The van der Waals surface area contributed by atoms with Crippen molar-refractivity contribution in [2.45, 2.75) is 12.5 Å². The lowest BCUT2D eigenvalue weighted by molar-refractivity contribution is -0.136. The van der Waals surface area contributed by atoms with E-state index in [1.165, 1.54) is 0 Å². The van der Waals surface area contributed by atoms with Crippen molar-refractivity contribution >= 4 is 17.6 Å². The van der Waals surface area contributed by atoms with Gasteiger partial charge in [0.25, 0.3) is 0 Å². The number of fused-ring (bicyclic) bond motifs is 1. The van der Waals surface area contributed by atoms with Gasteiger partial charge in [0.15, 0.2) is 6.61 Å². The average Bonchev–Trinajstić information content (AvgIpc) is 2.95. The van der Waals surface area contributed by atoms with E-state index in [1.54, 1.807) is 30.3 Å². The number of allylic oxidation sites excluding steroid dienone is 1. The lowest BCUT2D eigenvalue weighted by Crippen LogP contribution is -2.21. The van der Waals surface area contributed by atoms with Crippen molar-refractivity contribution in [2.75, 3.05) is 6.61 Å². The first-order valence-electron chi connectivity index (χ1n) is 12.1. The minimum Gasteiger partial charge on any atom is -0.489 e. The number of nitriles is 1. The van der Waals surface area contributed by atoms with Gasteiger partial charge in [0, 0.05) is 16.7 Å². The molecule has 5 rings (SSSR count). The number of nitrogens with two attached hydrogens (primary N) is 1. The van der Waals surface area contributed by atoms with Gasteiger partial charge < -0.3 is 24.7 Å². The summed E-state index contributed by atoms with van der Waals surface area (Å²) in [5, 5.41) is 10.6. The molecule has 0 fully saturated rings. The molecule has 4 aromatic carbocycles. The van der Waals surface area contributed by atoms with Gasteiger partial charge in [-0.25, -0.2) is 4.79 Å². The van der Waals surface area contributed by atoms with E-state index in [0.29, 0.717) is 34.4 Å². The van der Waals surface area contributed by atoms with Crippen LogP contribution in [0.5, 0.6) is 23.0 Å². The maximum Gasteiger partial charge on any atom is 0.349 e. The van der Waals surface area contributed by atoms with E-state index >= 15 is 0 Å². The van der Waals surface area contributed by atoms with Crippen LogP contribution in [0.3, 0.4) is 0 Å². The molecular formula is C31H23ClN2O5. The van der Waals surface area contributed by atoms with E-state index in [9.17, 15) is 10.1 Å². The molecule has 2 N–H and O–H groups in total. The lowest BCUT2D eigenvalue weighted by atomic mass is 9.83. The number of ether oxygens (including phenoxy) is 4. The molecular weight excluding hydrogens is 516 g/mol. The fourth-order valence-corrected chi connectivity index (χ4v) is 4.32. The zero-order valence-electron chi connectivity index (χ0n) is 20.7. The second kappa shape index (κ2) is 11.6. The summed E-state index contributed by atoms with van der Waals surface area (Å²) in [7, 11) is 0. The Bertz CT molecular complexity index is 1560. The summed E-state index contributed by atoms with van der Waals surface area (Å²) in [6.07, 6.45) is 0. The second-order valence-corrected chi connectivity index (χ2v) is 9.12. The van der Waals surface area contributed by atoms with E-state index in [-0.39, 0.29) is 23.8 Å². The van der Waals surface area contributed by atoms with Crippen LogP contribution in [0, 0.1) is 11.3 Å². The van der Waals surface area contributed by atoms with Gasteiger partial charge >= 0.3 is 5.97 Å². The minimum absolute atomic E-state index is 0.0154. The van der Waals surface area contributed by atoms with Gasteiger partial charge in [0.05, 0.1) is 5.92 Å². The zero-order chi connectivity index (χ0) is 27.2. The molecule has 0 radical (unpaired) electrons. The van der Waals surface area contributed by atoms with Crippen LogP contribution in [0.1, 0.15) is 22.6 Å². The summed E-state index contributed by atoms with van der Waals surface area (Å²) in [6.45, 7) is 0.102. The van der Waals surface area contributed by atoms with Gasteiger partial charge in [-0.1, -0.05) is 60.1 Å². The average molecular weight is 539 g/mol. The Labute approximate surface area is 230 Å². The molecule has 7 nitrogen and oxygen atoms in total. The number of carbonyl (C=O) groups excluding carboxylic acids is 1. The van der Waals surface area contributed by atoms with Crippen LogP contribution in [-0.4, -0.2) is 12.6 Å². The highest BCUT2D eigenvalue weighted by Gasteiger charge is 2.31. The molecule has 0 spiro atoms. The summed E-state index contributed by atoms with van der Waals surface area (Å²) in [4.78, 5) is 12.3. The maximum absolute atomic E-state index is 12.3. The predicted molar refractivity (Wildman–Crippen MR) is 146 cm³/mol. The van der Waals surface area contributed by atoms with E-state index in [1.807, 2.05) is 66.7 Å². The van der Waals surface area contributed by atoms with Gasteiger partial charge in [0.2, 0.25) is 5.88 Å². The number of rotatable bonds is 8. The first kappa shape index (κ1) is 25.7. The monoisotopic (exact) mass is 538 g/mol. The lowest BCUT2D eigenvalue weighted by Gasteiger charge is -2.27. The molecule has 0 aliphatic carbocycles. The number of nitrogens with zero attached hydrogens (tertiary/aromatic N) is 1. The molecule has 194 valence electrons. The Hall–Kier alpha value is -4.93. The normalized spacial score (nSPS) is 14.0. The van der Waals surface area contributed by atoms with Crippen LogP contribution in [0.25, 0.3) is 0 Å². The molecule has 0 saturated carbocycles. The number of benzene rings is 4. The molecule has 1 heterocycles. The maximum atomic E-state index is 12.3. The summed E-state index contributed by atoms with van der Waals surface area (Å²) in [5.41, 5.74) is 8.90. The molecule has 0 amide bonds. The highest BCUT2D eigenvalue weighted by molar-refractivity contribution is 6.30. The van der Waals surface area contributed by atoms with Gasteiger partial charge in [-0.3, -0.25) is 0 Å². The van der Waals surface area contributed by atoms with Gasteiger partial charge in [-0.15, -0.1) is 0 Å². The number of esters is 1. The van der Waals surface area contributed by atoms with Crippen LogP contribution >= 0.6 is 11.6 Å². The molecule has 1 atom stereocenters. The molecule has 39 heavy (non-hydrogen) atoms. The quantitative estimate of drug-likeness (QED) is 0.213. The smallest absolute Gasteiger partial charge is 0.349 e. The number of hydrogen-bond donors (Lipinski definition) is 1. The number of hydrogen-bond acceptors (Lipinski definition) is 7. The Morgan fingerprint density at radius 3 is 2.44 bits per heavy atom. The van der Waals surface area contributed by atoms with Gasteiger partial charge in [0.1, 0.15) is 41.2 Å². The summed E-state index contributed by atoms with van der Waals surface area (Å²) >= 11 is 5.97. The molecule has 1 aliphatic rings. The van der Waals surface area contributed by atoms with Crippen molar-refractivity contribution < 1.29 is 23.7 Å². The standard InChI is InChI=1S/C31H23ClN2O5/c32-22-11-9-20(10-12-22)18-36-24-8-4-5-21(15-24)30-26-14-13-25(16-28(26)39-31(34)27(30)17-33)38-29(35)19-37-23-6-2-1-3-7-23/h1-16,30H,18-19,34H2. The van der Waals surface area contributed by atoms with Crippen molar-refractivity contribution in [3.8, 4) is 29.1 Å². The Morgan fingerprint density at radius 1 is 0.897 bits per heavy atom. The highest BCUT2D eigenvalue weighted by atomic mass is 35.5. The summed E-state index contributed by atoms with van der Waals surface area (Å²) in [5.74, 6) is 0.767. The van der Waals surface area contributed by atoms with E-state index < -0.39 is 11.9 Å². The predicted octanol–water partition coefficient (Wildman–Crippen LogP) is 6.12. The fourth-order valence-electron chi connectivity index (χ4n) is 4.19. The number of halogens is 1. The van der Waals surface area contributed by atoms with Crippen LogP contribution < -0.4 is 24.7 Å². The molecule has 1 unspecified atom stereocenters. The third-order valence-corrected chi connectivity index (χ3v) is 6.28. The van der Waals surface area contributed by atoms with Crippen LogP contribution in [0.2, 0.25) is 5.02 Å². The largest absolute Gasteiger partial charge is 0.489 e. The second-order valence-electron chi connectivity index (χ2n) is 8.69. The Morgan fingerprint density at radius 2 is 1.67 bits per heavy atom. The molecule has 0 aromatic heterocycles. The van der Waals surface area contributed by atoms with E-state index in [2.05, 4.69) is 6.07 Å². The Kier molecular flexibility index (Phi) is 7.67. The number of para-hydroxylation sites is 1. The van der Waals surface area contributed by atoms with Crippen molar-refractivity contribution in [3.05, 3.63) is 130 Å². The highest BCUT2D eigenvalue weighted by Crippen LogP contribution is 2.44. The third kappa shape index (κ3) is 6.15.